The van der Waals surface area contributed by atoms with Crippen LogP contribution in [0.15, 0.2) is 36.5 Å². The van der Waals surface area contributed by atoms with E-state index < -0.39 is 0 Å². The standard InChI is InChI=1S/C14H12ClN3/c1-10-5-13(14(15)18-8-10)17-9-12-4-2-3-11(6-12)7-16/h2-6,8,17H,9H2,1H3. The first-order chi connectivity index (χ1) is 8.69. The van der Waals surface area contributed by atoms with Gasteiger partial charge in [-0.05, 0) is 36.2 Å². The van der Waals surface area contributed by atoms with Crippen LogP contribution in [0.4, 0.5) is 5.69 Å². The summed E-state index contributed by atoms with van der Waals surface area (Å²) >= 11 is 6.00. The van der Waals surface area contributed by atoms with Gasteiger partial charge < -0.3 is 5.32 Å². The molecular weight excluding hydrogens is 246 g/mol. The Kier molecular flexibility index (Phi) is 3.81. The summed E-state index contributed by atoms with van der Waals surface area (Å²) in [5.41, 5.74) is 3.54. The van der Waals surface area contributed by atoms with Gasteiger partial charge in [-0.25, -0.2) is 4.98 Å². The van der Waals surface area contributed by atoms with Crippen molar-refractivity contribution < 1.29 is 0 Å². The van der Waals surface area contributed by atoms with Gasteiger partial charge in [0.05, 0.1) is 17.3 Å². The minimum atomic E-state index is 0.456. The molecule has 18 heavy (non-hydrogen) atoms. The minimum absolute atomic E-state index is 0.456. The van der Waals surface area contributed by atoms with Crippen LogP contribution in [0.1, 0.15) is 16.7 Å². The van der Waals surface area contributed by atoms with E-state index in [1.54, 1.807) is 12.3 Å². The summed E-state index contributed by atoms with van der Waals surface area (Å²) in [7, 11) is 0. The first-order valence-electron chi connectivity index (χ1n) is 5.54. The smallest absolute Gasteiger partial charge is 0.152 e. The number of aromatic nitrogens is 1. The SMILES string of the molecule is Cc1cnc(Cl)c(NCc2cccc(C#N)c2)c1. The van der Waals surface area contributed by atoms with Crippen LogP contribution < -0.4 is 5.32 Å². The van der Waals surface area contributed by atoms with Gasteiger partial charge in [0.1, 0.15) is 0 Å². The van der Waals surface area contributed by atoms with Gasteiger partial charge in [0.15, 0.2) is 5.15 Å². The van der Waals surface area contributed by atoms with E-state index in [1.807, 2.05) is 31.2 Å². The van der Waals surface area contributed by atoms with E-state index in [0.717, 1.165) is 16.8 Å². The molecule has 0 saturated heterocycles. The normalized spacial score (nSPS) is 9.83. The van der Waals surface area contributed by atoms with Crippen LogP contribution in [0, 0.1) is 18.3 Å². The highest BCUT2D eigenvalue weighted by atomic mass is 35.5. The summed E-state index contributed by atoms with van der Waals surface area (Å²) in [5, 5.41) is 12.5. The Balaban J connectivity index is 2.11. The zero-order valence-electron chi connectivity index (χ0n) is 9.94. The molecule has 0 bridgehead atoms. The Morgan fingerprint density at radius 2 is 2.22 bits per heavy atom. The number of aryl methyl sites for hydroxylation is 1. The van der Waals surface area contributed by atoms with E-state index in [2.05, 4.69) is 16.4 Å². The molecule has 0 aliphatic carbocycles. The summed E-state index contributed by atoms with van der Waals surface area (Å²) in [4.78, 5) is 4.08. The van der Waals surface area contributed by atoms with Crippen molar-refractivity contribution in [3.8, 4) is 6.07 Å². The Bertz CT molecular complexity index is 602. The lowest BCUT2D eigenvalue weighted by Gasteiger charge is -2.08. The van der Waals surface area contributed by atoms with E-state index in [0.29, 0.717) is 17.3 Å². The molecule has 0 aliphatic heterocycles. The number of halogens is 1. The lowest BCUT2D eigenvalue weighted by molar-refractivity contribution is 1.13. The third-order valence-corrected chi connectivity index (χ3v) is 2.82. The zero-order chi connectivity index (χ0) is 13.0. The largest absolute Gasteiger partial charge is 0.378 e. The number of nitrogens with one attached hydrogen (secondary N) is 1. The minimum Gasteiger partial charge on any atom is -0.378 e. The molecule has 0 unspecified atom stereocenters. The lowest BCUT2D eigenvalue weighted by Crippen LogP contribution is -2.01. The zero-order valence-corrected chi connectivity index (χ0v) is 10.7. The second kappa shape index (κ2) is 5.52. The molecule has 90 valence electrons. The van der Waals surface area contributed by atoms with Crippen LogP contribution in [-0.2, 0) is 6.54 Å². The van der Waals surface area contributed by atoms with Gasteiger partial charge in [0.2, 0.25) is 0 Å². The van der Waals surface area contributed by atoms with E-state index in [4.69, 9.17) is 16.9 Å². The maximum atomic E-state index is 8.83. The first-order valence-corrected chi connectivity index (χ1v) is 5.92. The number of benzene rings is 1. The molecule has 4 heteroatoms. The topological polar surface area (TPSA) is 48.7 Å². The number of hydrogen-bond donors (Lipinski definition) is 1. The average molecular weight is 258 g/mol. The summed E-state index contributed by atoms with van der Waals surface area (Å²) < 4.78 is 0. The van der Waals surface area contributed by atoms with Crippen LogP contribution in [-0.4, -0.2) is 4.98 Å². The predicted octanol–water partition coefficient (Wildman–Crippen LogP) is 3.53. The van der Waals surface area contributed by atoms with E-state index in [-0.39, 0.29) is 0 Å². The maximum absolute atomic E-state index is 8.83. The van der Waals surface area contributed by atoms with Gasteiger partial charge in [-0.2, -0.15) is 5.26 Å². The Labute approximate surface area is 111 Å². The highest BCUT2D eigenvalue weighted by molar-refractivity contribution is 6.31. The highest BCUT2D eigenvalue weighted by Gasteiger charge is 2.02. The third-order valence-electron chi connectivity index (χ3n) is 2.51. The molecule has 1 heterocycles. The fraction of sp³-hybridized carbons (Fsp3) is 0.143. The molecule has 3 nitrogen and oxygen atoms in total. The number of pyridine rings is 1. The molecular formula is C14H12ClN3. The molecule has 1 N–H and O–H groups in total. The molecule has 0 radical (unpaired) electrons. The van der Waals surface area contributed by atoms with Gasteiger partial charge in [0, 0.05) is 12.7 Å². The van der Waals surface area contributed by atoms with Gasteiger partial charge in [-0.1, -0.05) is 23.7 Å². The van der Waals surface area contributed by atoms with Crippen molar-refractivity contribution in [1.29, 1.82) is 5.26 Å². The van der Waals surface area contributed by atoms with Crippen molar-refractivity contribution in [2.45, 2.75) is 13.5 Å². The van der Waals surface area contributed by atoms with Crippen molar-refractivity contribution in [3.63, 3.8) is 0 Å². The molecule has 0 fully saturated rings. The quantitative estimate of drug-likeness (QED) is 0.856. The molecule has 0 spiro atoms. The summed E-state index contributed by atoms with van der Waals surface area (Å²) in [6.07, 6.45) is 1.73. The van der Waals surface area contributed by atoms with Crippen molar-refractivity contribution in [2.75, 3.05) is 5.32 Å². The molecule has 0 amide bonds. The number of nitrogens with zero attached hydrogens (tertiary/aromatic N) is 2. The average Bonchev–Trinajstić information content (AvgIpc) is 2.40. The first kappa shape index (κ1) is 12.4. The van der Waals surface area contributed by atoms with Crippen molar-refractivity contribution in [3.05, 3.63) is 58.4 Å². The maximum Gasteiger partial charge on any atom is 0.152 e. The molecule has 1 aromatic heterocycles. The van der Waals surface area contributed by atoms with Crippen molar-refractivity contribution in [2.24, 2.45) is 0 Å². The van der Waals surface area contributed by atoms with E-state index in [1.165, 1.54) is 0 Å². The highest BCUT2D eigenvalue weighted by Crippen LogP contribution is 2.20. The number of rotatable bonds is 3. The van der Waals surface area contributed by atoms with Crippen LogP contribution in [0.5, 0.6) is 0 Å². The number of nitriles is 1. The Morgan fingerprint density at radius 3 is 3.00 bits per heavy atom. The van der Waals surface area contributed by atoms with Gasteiger partial charge in [0.25, 0.3) is 0 Å². The van der Waals surface area contributed by atoms with Crippen LogP contribution in [0.25, 0.3) is 0 Å². The monoisotopic (exact) mass is 257 g/mol. The van der Waals surface area contributed by atoms with Crippen LogP contribution >= 0.6 is 11.6 Å². The fourth-order valence-corrected chi connectivity index (χ4v) is 1.79. The Morgan fingerprint density at radius 1 is 1.39 bits per heavy atom. The lowest BCUT2D eigenvalue weighted by atomic mass is 10.1. The van der Waals surface area contributed by atoms with Crippen LogP contribution in [0.3, 0.4) is 0 Å². The molecule has 2 aromatic rings. The van der Waals surface area contributed by atoms with Crippen molar-refractivity contribution in [1.82, 2.24) is 4.98 Å². The number of hydrogen-bond acceptors (Lipinski definition) is 3. The second-order valence-corrected chi connectivity index (χ2v) is 4.37. The summed E-state index contributed by atoms with van der Waals surface area (Å²) in [5.74, 6) is 0. The van der Waals surface area contributed by atoms with Crippen molar-refractivity contribution >= 4 is 17.3 Å². The van der Waals surface area contributed by atoms with E-state index in [9.17, 15) is 0 Å². The number of anilines is 1. The van der Waals surface area contributed by atoms with Gasteiger partial charge in [-0.15, -0.1) is 0 Å². The molecule has 0 aliphatic rings. The Hall–Kier alpha value is -2.05. The molecule has 1 aromatic carbocycles. The third kappa shape index (κ3) is 2.99. The van der Waals surface area contributed by atoms with Crippen LogP contribution in [0.2, 0.25) is 5.15 Å². The van der Waals surface area contributed by atoms with Gasteiger partial charge in [-0.3, -0.25) is 0 Å². The fourth-order valence-electron chi connectivity index (χ4n) is 1.62. The summed E-state index contributed by atoms with van der Waals surface area (Å²) in [6.45, 7) is 2.57. The molecule has 0 atom stereocenters. The second-order valence-electron chi connectivity index (χ2n) is 4.02. The predicted molar refractivity (Wildman–Crippen MR) is 72.5 cm³/mol. The summed E-state index contributed by atoms with van der Waals surface area (Å²) in [6, 6.07) is 11.5. The molecule has 0 saturated carbocycles. The van der Waals surface area contributed by atoms with Gasteiger partial charge >= 0.3 is 0 Å². The van der Waals surface area contributed by atoms with E-state index >= 15 is 0 Å². The molecule has 2 rings (SSSR count).